The lowest BCUT2D eigenvalue weighted by molar-refractivity contribution is 0.0320. The molecule has 1 saturated carbocycles. The molecule has 0 saturated heterocycles. The van der Waals surface area contributed by atoms with Gasteiger partial charge in [-0.1, -0.05) is 0 Å². The van der Waals surface area contributed by atoms with Crippen LogP contribution in [0.3, 0.4) is 0 Å². The summed E-state index contributed by atoms with van der Waals surface area (Å²) in [5, 5.41) is 12.3. The zero-order valence-electron chi connectivity index (χ0n) is 11.1. The molecule has 19 heavy (non-hydrogen) atoms. The molecule has 0 spiro atoms. The predicted molar refractivity (Wildman–Crippen MR) is 70.9 cm³/mol. The average molecular weight is 264 g/mol. The number of ether oxygens (including phenoxy) is 1. The van der Waals surface area contributed by atoms with Crippen LogP contribution >= 0.6 is 0 Å². The molecule has 1 aliphatic rings. The summed E-state index contributed by atoms with van der Waals surface area (Å²) in [6, 6.07) is 1.76. The lowest BCUT2D eigenvalue weighted by Gasteiger charge is -2.12. The Labute approximate surface area is 113 Å². The third-order valence-corrected chi connectivity index (χ3v) is 3.00. The molecule has 1 atom stereocenters. The van der Waals surface area contributed by atoms with Crippen LogP contribution in [0, 0.1) is 12.8 Å². The number of hydrogen-bond donors (Lipinski definition) is 2. The summed E-state index contributed by atoms with van der Waals surface area (Å²) in [6.45, 7) is 3.05. The number of aliphatic hydroxyl groups is 1. The van der Waals surface area contributed by atoms with Gasteiger partial charge in [0.25, 0.3) is 5.91 Å². The smallest absolute Gasteiger partial charge is 0.252 e. The SMILES string of the molecule is Cc1cncc(C(=O)NCC(O)COCC2CC2)c1. The van der Waals surface area contributed by atoms with E-state index in [0.717, 1.165) is 5.56 Å². The van der Waals surface area contributed by atoms with Gasteiger partial charge >= 0.3 is 0 Å². The lowest BCUT2D eigenvalue weighted by Crippen LogP contribution is -2.34. The Kier molecular flexibility index (Phi) is 4.87. The Morgan fingerprint density at radius 2 is 2.37 bits per heavy atom. The van der Waals surface area contributed by atoms with Crippen molar-refractivity contribution in [3.63, 3.8) is 0 Å². The van der Waals surface area contributed by atoms with E-state index in [1.807, 2.05) is 6.92 Å². The molecule has 0 aliphatic heterocycles. The standard InChI is InChI=1S/C14H20N2O3/c1-10-4-12(6-15-5-10)14(18)16-7-13(17)9-19-8-11-2-3-11/h4-6,11,13,17H,2-3,7-9H2,1H3,(H,16,18). The first-order valence-corrected chi connectivity index (χ1v) is 6.61. The van der Waals surface area contributed by atoms with Crippen LogP contribution in [0.5, 0.6) is 0 Å². The van der Waals surface area contributed by atoms with Crippen molar-refractivity contribution in [2.24, 2.45) is 5.92 Å². The number of carbonyl (C=O) groups is 1. The normalized spacial score (nSPS) is 16.1. The number of aryl methyl sites for hydroxylation is 1. The van der Waals surface area contributed by atoms with E-state index in [1.54, 1.807) is 12.3 Å². The Hall–Kier alpha value is -1.46. The summed E-state index contributed by atoms with van der Waals surface area (Å²) >= 11 is 0. The maximum absolute atomic E-state index is 11.8. The average Bonchev–Trinajstić information content (AvgIpc) is 3.20. The Morgan fingerprint density at radius 1 is 1.58 bits per heavy atom. The van der Waals surface area contributed by atoms with E-state index in [0.29, 0.717) is 18.1 Å². The van der Waals surface area contributed by atoms with Crippen molar-refractivity contribution in [3.8, 4) is 0 Å². The second-order valence-corrected chi connectivity index (χ2v) is 5.10. The predicted octanol–water partition coefficient (Wildman–Crippen LogP) is 0.907. The molecule has 1 heterocycles. The Balaban J connectivity index is 1.67. The summed E-state index contributed by atoms with van der Waals surface area (Å²) in [4.78, 5) is 15.8. The molecule has 0 radical (unpaired) electrons. The van der Waals surface area contributed by atoms with Gasteiger partial charge in [0, 0.05) is 25.5 Å². The fourth-order valence-electron chi connectivity index (χ4n) is 1.71. The van der Waals surface area contributed by atoms with Gasteiger partial charge in [-0.2, -0.15) is 0 Å². The number of amides is 1. The van der Waals surface area contributed by atoms with Crippen LogP contribution in [0.25, 0.3) is 0 Å². The highest BCUT2D eigenvalue weighted by atomic mass is 16.5. The van der Waals surface area contributed by atoms with Gasteiger partial charge in [-0.15, -0.1) is 0 Å². The maximum atomic E-state index is 11.8. The van der Waals surface area contributed by atoms with Crippen LogP contribution in [0.1, 0.15) is 28.8 Å². The van der Waals surface area contributed by atoms with Crippen LogP contribution < -0.4 is 5.32 Å². The molecular formula is C14H20N2O3. The third kappa shape index (κ3) is 4.96. The number of nitrogens with one attached hydrogen (secondary N) is 1. The van der Waals surface area contributed by atoms with E-state index in [-0.39, 0.29) is 19.1 Å². The zero-order valence-corrected chi connectivity index (χ0v) is 11.1. The van der Waals surface area contributed by atoms with Gasteiger partial charge in [0.2, 0.25) is 0 Å². The highest BCUT2D eigenvalue weighted by Gasteiger charge is 2.21. The van der Waals surface area contributed by atoms with E-state index in [9.17, 15) is 9.90 Å². The summed E-state index contributed by atoms with van der Waals surface area (Å²) in [5.41, 5.74) is 1.44. The van der Waals surface area contributed by atoms with Crippen molar-refractivity contribution in [1.82, 2.24) is 10.3 Å². The largest absolute Gasteiger partial charge is 0.389 e. The Morgan fingerprint density at radius 3 is 3.05 bits per heavy atom. The lowest BCUT2D eigenvalue weighted by atomic mass is 10.2. The van der Waals surface area contributed by atoms with Crippen LogP contribution in [-0.4, -0.2) is 41.9 Å². The molecule has 1 amide bonds. The first kappa shape index (κ1) is 14.0. The number of nitrogens with zero attached hydrogens (tertiary/aromatic N) is 1. The highest BCUT2D eigenvalue weighted by Crippen LogP contribution is 2.28. The minimum absolute atomic E-state index is 0.192. The van der Waals surface area contributed by atoms with Gasteiger partial charge < -0.3 is 15.2 Å². The number of hydrogen-bond acceptors (Lipinski definition) is 4. The molecule has 2 N–H and O–H groups in total. The van der Waals surface area contributed by atoms with E-state index < -0.39 is 6.10 Å². The molecule has 1 aromatic heterocycles. The second kappa shape index (κ2) is 6.63. The van der Waals surface area contributed by atoms with Gasteiger partial charge in [-0.3, -0.25) is 9.78 Å². The molecule has 1 unspecified atom stereocenters. The molecule has 0 aromatic carbocycles. The summed E-state index contributed by atoms with van der Waals surface area (Å²) in [7, 11) is 0. The van der Waals surface area contributed by atoms with Gasteiger partial charge in [0.15, 0.2) is 0 Å². The van der Waals surface area contributed by atoms with E-state index >= 15 is 0 Å². The Bertz CT molecular complexity index is 432. The van der Waals surface area contributed by atoms with Crippen molar-refractivity contribution in [1.29, 1.82) is 0 Å². The van der Waals surface area contributed by atoms with Gasteiger partial charge in [0.05, 0.1) is 18.3 Å². The van der Waals surface area contributed by atoms with E-state index in [1.165, 1.54) is 19.0 Å². The van der Waals surface area contributed by atoms with E-state index in [2.05, 4.69) is 10.3 Å². The van der Waals surface area contributed by atoms with Crippen molar-refractivity contribution in [2.75, 3.05) is 19.8 Å². The van der Waals surface area contributed by atoms with Crippen LogP contribution in [-0.2, 0) is 4.74 Å². The fourth-order valence-corrected chi connectivity index (χ4v) is 1.71. The second-order valence-electron chi connectivity index (χ2n) is 5.10. The minimum Gasteiger partial charge on any atom is -0.389 e. The quantitative estimate of drug-likeness (QED) is 0.768. The van der Waals surface area contributed by atoms with Gasteiger partial charge in [-0.25, -0.2) is 0 Å². The molecule has 5 nitrogen and oxygen atoms in total. The number of rotatable bonds is 7. The molecule has 104 valence electrons. The molecule has 1 aromatic rings. The van der Waals surface area contributed by atoms with Crippen LogP contribution in [0.15, 0.2) is 18.5 Å². The van der Waals surface area contributed by atoms with E-state index in [4.69, 9.17) is 4.74 Å². The topological polar surface area (TPSA) is 71.5 Å². The number of pyridine rings is 1. The monoisotopic (exact) mass is 264 g/mol. The summed E-state index contributed by atoms with van der Waals surface area (Å²) in [5.74, 6) is 0.456. The van der Waals surface area contributed by atoms with Crippen molar-refractivity contribution in [2.45, 2.75) is 25.9 Å². The number of aromatic nitrogens is 1. The molecule has 0 bridgehead atoms. The maximum Gasteiger partial charge on any atom is 0.252 e. The minimum atomic E-state index is -0.666. The number of carbonyl (C=O) groups excluding carboxylic acids is 1. The summed E-state index contributed by atoms with van der Waals surface area (Å²) < 4.78 is 5.36. The molecule has 5 heteroatoms. The third-order valence-electron chi connectivity index (χ3n) is 3.00. The van der Waals surface area contributed by atoms with Gasteiger partial charge in [0.1, 0.15) is 0 Å². The van der Waals surface area contributed by atoms with Crippen molar-refractivity contribution >= 4 is 5.91 Å². The summed E-state index contributed by atoms with van der Waals surface area (Å²) in [6.07, 6.45) is 5.00. The van der Waals surface area contributed by atoms with Crippen LogP contribution in [0.4, 0.5) is 0 Å². The zero-order chi connectivity index (χ0) is 13.7. The fraction of sp³-hybridized carbons (Fsp3) is 0.571. The molecule has 1 aliphatic carbocycles. The molecule has 2 rings (SSSR count). The first-order chi connectivity index (χ1) is 9.15. The van der Waals surface area contributed by atoms with Crippen molar-refractivity contribution in [3.05, 3.63) is 29.6 Å². The molecule has 1 fully saturated rings. The number of aliphatic hydroxyl groups excluding tert-OH is 1. The first-order valence-electron chi connectivity index (χ1n) is 6.61. The van der Waals surface area contributed by atoms with Gasteiger partial charge in [-0.05, 0) is 37.3 Å². The van der Waals surface area contributed by atoms with Crippen LogP contribution in [0.2, 0.25) is 0 Å². The molecular weight excluding hydrogens is 244 g/mol. The highest BCUT2D eigenvalue weighted by molar-refractivity contribution is 5.93. The van der Waals surface area contributed by atoms with Crippen molar-refractivity contribution < 1.29 is 14.6 Å².